The molecule has 4 nitrogen and oxygen atoms in total. The Bertz CT molecular complexity index is 825. The van der Waals surface area contributed by atoms with E-state index in [4.69, 9.17) is 0 Å². The summed E-state index contributed by atoms with van der Waals surface area (Å²) in [5.74, 6) is 0.806. The number of hydrogen-bond donors (Lipinski definition) is 2. The van der Waals surface area contributed by atoms with Gasteiger partial charge in [0.25, 0.3) is 0 Å². The van der Waals surface area contributed by atoms with Crippen LogP contribution in [0.5, 0.6) is 0 Å². The number of nitrogens with zero attached hydrogens (tertiary/aromatic N) is 2. The molecule has 0 aliphatic carbocycles. The number of benzene rings is 2. The molecule has 2 aromatic carbocycles. The van der Waals surface area contributed by atoms with E-state index in [1.807, 2.05) is 60.7 Å². The van der Waals surface area contributed by atoms with Gasteiger partial charge in [0.15, 0.2) is 5.82 Å². The highest BCUT2D eigenvalue weighted by Crippen LogP contribution is 2.23. The maximum atomic E-state index is 4.56. The van der Waals surface area contributed by atoms with Gasteiger partial charge in [0.1, 0.15) is 5.69 Å². The van der Waals surface area contributed by atoms with Crippen molar-refractivity contribution in [2.24, 2.45) is 0 Å². The Morgan fingerprint density at radius 3 is 2.50 bits per heavy atom. The van der Waals surface area contributed by atoms with Crippen LogP contribution in [-0.4, -0.2) is 20.2 Å². The molecule has 96 valence electrons. The van der Waals surface area contributed by atoms with Crippen molar-refractivity contribution in [2.45, 2.75) is 0 Å². The van der Waals surface area contributed by atoms with Crippen LogP contribution in [0, 0.1) is 0 Å². The summed E-state index contributed by atoms with van der Waals surface area (Å²) in [7, 11) is 0. The van der Waals surface area contributed by atoms with Crippen LogP contribution >= 0.6 is 0 Å². The lowest BCUT2D eigenvalue weighted by molar-refractivity contribution is 1.09. The van der Waals surface area contributed by atoms with Crippen LogP contribution in [0.4, 0.5) is 0 Å². The number of fused-ring (bicyclic) bond motifs is 1. The van der Waals surface area contributed by atoms with Crippen LogP contribution in [-0.2, 0) is 0 Å². The fraction of sp³-hybridized carbons (Fsp3) is 0. The van der Waals surface area contributed by atoms with Gasteiger partial charge in [-0.1, -0.05) is 42.5 Å². The minimum absolute atomic E-state index is 0.806. The number of nitrogens with one attached hydrogen (secondary N) is 2. The Hall–Kier alpha value is -2.88. The first-order valence-electron chi connectivity index (χ1n) is 6.46. The van der Waals surface area contributed by atoms with Crippen molar-refractivity contribution in [1.82, 2.24) is 20.2 Å². The average Bonchev–Trinajstić information content (AvgIpc) is 3.14. The molecule has 4 aromatic rings. The van der Waals surface area contributed by atoms with Crippen LogP contribution in [0.25, 0.3) is 33.8 Å². The number of H-pyrrole nitrogens is 2. The standard InChI is InChI=1S/C16H12N4/c1-2-6-11(7-3-1)14-10-15(20-19-14)16-17-12-8-4-5-9-13(12)18-16/h1-10H,(H,17,18)(H,19,20). The second kappa shape index (κ2) is 4.35. The second-order valence-corrected chi connectivity index (χ2v) is 4.64. The van der Waals surface area contributed by atoms with Gasteiger partial charge in [-0.15, -0.1) is 0 Å². The predicted octanol–water partition coefficient (Wildman–Crippen LogP) is 3.62. The van der Waals surface area contributed by atoms with E-state index in [1.54, 1.807) is 0 Å². The minimum atomic E-state index is 0.806. The molecular formula is C16H12N4. The minimum Gasteiger partial charge on any atom is -0.337 e. The fourth-order valence-electron chi connectivity index (χ4n) is 2.28. The smallest absolute Gasteiger partial charge is 0.156 e. The molecule has 0 radical (unpaired) electrons. The van der Waals surface area contributed by atoms with Gasteiger partial charge in [-0.2, -0.15) is 5.10 Å². The van der Waals surface area contributed by atoms with Gasteiger partial charge in [0.2, 0.25) is 0 Å². The second-order valence-electron chi connectivity index (χ2n) is 4.64. The van der Waals surface area contributed by atoms with Crippen molar-refractivity contribution >= 4 is 11.0 Å². The molecule has 20 heavy (non-hydrogen) atoms. The summed E-state index contributed by atoms with van der Waals surface area (Å²) >= 11 is 0. The molecule has 0 saturated carbocycles. The Kier molecular flexibility index (Phi) is 2.39. The quantitative estimate of drug-likeness (QED) is 0.578. The molecule has 2 N–H and O–H groups in total. The van der Waals surface area contributed by atoms with Crippen molar-refractivity contribution in [3.05, 3.63) is 60.7 Å². The molecule has 0 spiro atoms. The number of para-hydroxylation sites is 2. The third kappa shape index (κ3) is 1.78. The fourth-order valence-corrected chi connectivity index (χ4v) is 2.28. The molecule has 0 unspecified atom stereocenters. The Morgan fingerprint density at radius 1 is 0.850 bits per heavy atom. The van der Waals surface area contributed by atoms with E-state index < -0.39 is 0 Å². The average molecular weight is 260 g/mol. The van der Waals surface area contributed by atoms with Crippen molar-refractivity contribution in [3.8, 4) is 22.8 Å². The Labute approximate surface area is 115 Å². The van der Waals surface area contributed by atoms with Gasteiger partial charge >= 0.3 is 0 Å². The molecule has 4 rings (SSSR count). The highest BCUT2D eigenvalue weighted by molar-refractivity contribution is 5.79. The Balaban J connectivity index is 1.78. The summed E-state index contributed by atoms with van der Waals surface area (Å²) in [5, 5.41) is 7.39. The zero-order chi connectivity index (χ0) is 13.4. The molecule has 0 atom stereocenters. The van der Waals surface area contributed by atoms with Crippen molar-refractivity contribution < 1.29 is 0 Å². The van der Waals surface area contributed by atoms with Gasteiger partial charge in [-0.3, -0.25) is 5.10 Å². The topological polar surface area (TPSA) is 57.4 Å². The highest BCUT2D eigenvalue weighted by atomic mass is 15.1. The number of rotatable bonds is 2. The zero-order valence-electron chi connectivity index (χ0n) is 10.7. The molecule has 0 aliphatic rings. The monoisotopic (exact) mass is 260 g/mol. The molecule has 2 aromatic heterocycles. The van der Waals surface area contributed by atoms with E-state index in [1.165, 1.54) is 0 Å². The summed E-state index contributed by atoms with van der Waals surface area (Å²) < 4.78 is 0. The number of aromatic amines is 2. The summed E-state index contributed by atoms with van der Waals surface area (Å²) in [5.41, 5.74) is 4.88. The van der Waals surface area contributed by atoms with Crippen LogP contribution in [0.1, 0.15) is 0 Å². The van der Waals surface area contributed by atoms with E-state index >= 15 is 0 Å². The van der Waals surface area contributed by atoms with Gasteiger partial charge in [0, 0.05) is 5.56 Å². The van der Waals surface area contributed by atoms with Gasteiger partial charge in [-0.05, 0) is 18.2 Å². The molecule has 0 bridgehead atoms. The first-order chi connectivity index (χ1) is 9.90. The number of imidazole rings is 1. The molecule has 0 aliphatic heterocycles. The van der Waals surface area contributed by atoms with E-state index in [2.05, 4.69) is 20.2 Å². The van der Waals surface area contributed by atoms with Gasteiger partial charge in [0.05, 0.1) is 16.7 Å². The summed E-state index contributed by atoms with van der Waals surface area (Å²) in [6.07, 6.45) is 0. The zero-order valence-corrected chi connectivity index (χ0v) is 10.7. The van der Waals surface area contributed by atoms with Gasteiger partial charge in [-0.25, -0.2) is 4.98 Å². The first kappa shape index (κ1) is 11.0. The lowest BCUT2D eigenvalue weighted by atomic mass is 10.1. The van der Waals surface area contributed by atoms with Gasteiger partial charge < -0.3 is 4.98 Å². The van der Waals surface area contributed by atoms with Crippen molar-refractivity contribution in [2.75, 3.05) is 0 Å². The molecule has 0 saturated heterocycles. The van der Waals surface area contributed by atoms with Crippen molar-refractivity contribution in [1.29, 1.82) is 0 Å². The lowest BCUT2D eigenvalue weighted by Gasteiger charge is -1.92. The predicted molar refractivity (Wildman–Crippen MR) is 79.1 cm³/mol. The van der Waals surface area contributed by atoms with Crippen LogP contribution < -0.4 is 0 Å². The summed E-state index contributed by atoms with van der Waals surface area (Å²) in [6.45, 7) is 0. The third-order valence-corrected chi connectivity index (χ3v) is 3.29. The Morgan fingerprint density at radius 2 is 1.65 bits per heavy atom. The van der Waals surface area contributed by atoms with E-state index in [0.29, 0.717) is 0 Å². The summed E-state index contributed by atoms with van der Waals surface area (Å²) in [4.78, 5) is 7.86. The normalized spacial score (nSPS) is 11.0. The summed E-state index contributed by atoms with van der Waals surface area (Å²) in [6, 6.07) is 20.1. The molecule has 4 heteroatoms. The largest absolute Gasteiger partial charge is 0.337 e. The first-order valence-corrected chi connectivity index (χ1v) is 6.46. The maximum absolute atomic E-state index is 4.56. The maximum Gasteiger partial charge on any atom is 0.156 e. The molecule has 0 fully saturated rings. The highest BCUT2D eigenvalue weighted by Gasteiger charge is 2.09. The van der Waals surface area contributed by atoms with Crippen molar-refractivity contribution in [3.63, 3.8) is 0 Å². The molecule has 2 heterocycles. The van der Waals surface area contributed by atoms with E-state index in [0.717, 1.165) is 33.8 Å². The van der Waals surface area contributed by atoms with E-state index in [-0.39, 0.29) is 0 Å². The number of aromatic nitrogens is 4. The lowest BCUT2D eigenvalue weighted by Crippen LogP contribution is -1.79. The van der Waals surface area contributed by atoms with Crippen LogP contribution in [0.15, 0.2) is 60.7 Å². The SMILES string of the molecule is c1ccc(-c2cc(-c3nc4ccccc4[nH]3)[nH]n2)cc1. The van der Waals surface area contributed by atoms with Crippen LogP contribution in [0.2, 0.25) is 0 Å². The van der Waals surface area contributed by atoms with Crippen LogP contribution in [0.3, 0.4) is 0 Å². The van der Waals surface area contributed by atoms with E-state index in [9.17, 15) is 0 Å². The number of hydrogen-bond acceptors (Lipinski definition) is 2. The third-order valence-electron chi connectivity index (χ3n) is 3.29. The molecular weight excluding hydrogens is 248 g/mol. The molecule has 0 amide bonds.